The monoisotopic (exact) mass is 211 g/mol. The third-order valence-electron chi connectivity index (χ3n) is 2.31. The van der Waals surface area contributed by atoms with E-state index in [0.29, 0.717) is 18.1 Å². The van der Waals surface area contributed by atoms with Crippen molar-refractivity contribution in [3.8, 4) is 0 Å². The molecule has 15 heavy (non-hydrogen) atoms. The summed E-state index contributed by atoms with van der Waals surface area (Å²) in [5, 5.41) is 0. The van der Waals surface area contributed by atoms with Crippen LogP contribution in [0, 0.1) is 0 Å². The molecule has 0 bridgehead atoms. The average molecular weight is 211 g/mol. The van der Waals surface area contributed by atoms with E-state index in [-0.39, 0.29) is 6.10 Å². The van der Waals surface area contributed by atoms with Gasteiger partial charge in [0.1, 0.15) is 0 Å². The minimum absolute atomic E-state index is 0.132. The van der Waals surface area contributed by atoms with Crippen LogP contribution in [0.2, 0.25) is 0 Å². The lowest BCUT2D eigenvalue weighted by Gasteiger charge is -2.10. The lowest BCUT2D eigenvalue weighted by Crippen LogP contribution is -2.15. The van der Waals surface area contributed by atoms with Gasteiger partial charge in [0.05, 0.1) is 12.6 Å². The summed E-state index contributed by atoms with van der Waals surface area (Å²) < 4.78 is 5.22. The van der Waals surface area contributed by atoms with Crippen molar-refractivity contribution in [3.63, 3.8) is 0 Å². The van der Waals surface area contributed by atoms with Crippen molar-refractivity contribution >= 4 is 12.6 Å². The predicted molar refractivity (Wildman–Crippen MR) is 65.5 cm³/mol. The van der Waals surface area contributed by atoms with Crippen LogP contribution in [0.3, 0.4) is 0 Å². The number of rotatable bonds is 5. The number of methoxy groups -OCH3 is 1. The zero-order valence-electron chi connectivity index (χ0n) is 10.1. The number of nitrogens with zero attached hydrogens (tertiary/aromatic N) is 2. The van der Waals surface area contributed by atoms with Gasteiger partial charge in [-0.05, 0) is 27.0 Å². The van der Waals surface area contributed by atoms with Gasteiger partial charge in [-0.1, -0.05) is 6.92 Å². The summed E-state index contributed by atoms with van der Waals surface area (Å²) in [7, 11) is 1.68. The quantitative estimate of drug-likeness (QED) is 0.556. The summed E-state index contributed by atoms with van der Waals surface area (Å²) in [4.78, 5) is 8.19. The van der Waals surface area contributed by atoms with Gasteiger partial charge < -0.3 is 10.5 Å². The maximum absolute atomic E-state index is 5.66. The zero-order chi connectivity index (χ0) is 11.8. The minimum Gasteiger partial charge on any atom is -0.402 e. The molecule has 4 nitrogen and oxygen atoms in total. The molecule has 0 heterocycles. The Morgan fingerprint density at radius 2 is 2.07 bits per heavy atom. The largest absolute Gasteiger partial charge is 0.402 e. The van der Waals surface area contributed by atoms with E-state index in [1.807, 2.05) is 13.8 Å². The molecule has 86 valence electrons. The Balaban J connectivity index is 4.62. The Labute approximate surface area is 91.9 Å². The van der Waals surface area contributed by atoms with Gasteiger partial charge in [0.15, 0.2) is 5.84 Å². The van der Waals surface area contributed by atoms with Crippen molar-refractivity contribution in [2.75, 3.05) is 13.7 Å². The first-order valence-corrected chi connectivity index (χ1v) is 5.04. The van der Waals surface area contributed by atoms with E-state index in [9.17, 15) is 0 Å². The second-order valence-electron chi connectivity index (χ2n) is 3.40. The molecule has 0 aromatic heterocycles. The van der Waals surface area contributed by atoms with Gasteiger partial charge in [-0.3, -0.25) is 4.99 Å². The van der Waals surface area contributed by atoms with Crippen LogP contribution in [0.15, 0.2) is 21.3 Å². The van der Waals surface area contributed by atoms with Crippen LogP contribution in [0.25, 0.3) is 0 Å². The van der Waals surface area contributed by atoms with Crippen molar-refractivity contribution in [1.82, 2.24) is 0 Å². The number of amidine groups is 1. The molecule has 0 aromatic carbocycles. The van der Waals surface area contributed by atoms with E-state index in [2.05, 4.69) is 23.6 Å². The summed E-state index contributed by atoms with van der Waals surface area (Å²) >= 11 is 0. The summed E-state index contributed by atoms with van der Waals surface area (Å²) in [5.74, 6) is 0.602. The number of aliphatic imine (C=N–C) groups is 2. The molecule has 0 radical (unpaired) electrons. The average Bonchev–Trinajstić information content (AvgIpc) is 2.24. The Hall–Kier alpha value is -1.16. The lowest BCUT2D eigenvalue weighted by molar-refractivity contribution is 0.107. The number of ether oxygens (including phenoxy) is 1. The van der Waals surface area contributed by atoms with Crippen LogP contribution in [0.1, 0.15) is 27.2 Å². The molecule has 0 aromatic rings. The fraction of sp³-hybridized carbons (Fsp3) is 0.636. The van der Waals surface area contributed by atoms with Gasteiger partial charge >= 0.3 is 0 Å². The molecule has 0 saturated carbocycles. The SMILES string of the molecule is C=NC(=NCC(CC)OC)C(C)=C(C)N. The molecule has 2 N–H and O–H groups in total. The van der Waals surface area contributed by atoms with E-state index in [0.717, 1.165) is 12.0 Å². The molecule has 0 aliphatic carbocycles. The van der Waals surface area contributed by atoms with Crippen LogP contribution in [0.5, 0.6) is 0 Å². The Morgan fingerprint density at radius 3 is 2.40 bits per heavy atom. The third-order valence-corrected chi connectivity index (χ3v) is 2.31. The summed E-state index contributed by atoms with van der Waals surface area (Å²) in [6.07, 6.45) is 1.06. The lowest BCUT2D eigenvalue weighted by atomic mass is 10.2. The highest BCUT2D eigenvalue weighted by atomic mass is 16.5. The minimum atomic E-state index is 0.132. The van der Waals surface area contributed by atoms with Gasteiger partial charge in [0.25, 0.3) is 0 Å². The highest BCUT2D eigenvalue weighted by molar-refractivity contribution is 6.00. The van der Waals surface area contributed by atoms with Crippen molar-refractivity contribution < 1.29 is 4.74 Å². The molecule has 0 aliphatic rings. The zero-order valence-corrected chi connectivity index (χ0v) is 10.1. The number of allylic oxidation sites excluding steroid dienone is 1. The second-order valence-corrected chi connectivity index (χ2v) is 3.40. The van der Waals surface area contributed by atoms with Crippen molar-refractivity contribution in [2.24, 2.45) is 15.7 Å². The number of hydrogen-bond acceptors (Lipinski definition) is 3. The molecule has 1 atom stereocenters. The Kier molecular flexibility index (Phi) is 6.62. The molecule has 0 spiro atoms. The van der Waals surface area contributed by atoms with E-state index in [1.165, 1.54) is 0 Å². The van der Waals surface area contributed by atoms with E-state index >= 15 is 0 Å². The fourth-order valence-electron chi connectivity index (χ4n) is 1.02. The second kappa shape index (κ2) is 7.17. The molecule has 0 aliphatic heterocycles. The molecule has 0 fully saturated rings. The van der Waals surface area contributed by atoms with Gasteiger partial charge in [-0.15, -0.1) is 0 Å². The first kappa shape index (κ1) is 13.8. The standard InChI is InChI=1S/C11H21N3O/c1-6-10(15-5)7-14-11(13-4)8(2)9(3)12/h10H,4,6-7,12H2,1-3,5H3. The van der Waals surface area contributed by atoms with E-state index < -0.39 is 0 Å². The normalized spacial score (nSPS) is 15.9. The molecule has 1 unspecified atom stereocenters. The molecule has 0 amide bonds. The molecular formula is C11H21N3O. The van der Waals surface area contributed by atoms with Crippen molar-refractivity contribution in [2.45, 2.75) is 33.3 Å². The van der Waals surface area contributed by atoms with Gasteiger partial charge in [-0.25, -0.2) is 4.99 Å². The van der Waals surface area contributed by atoms with Crippen LogP contribution < -0.4 is 5.73 Å². The van der Waals surface area contributed by atoms with Gasteiger partial charge in [0, 0.05) is 18.4 Å². The predicted octanol–water partition coefficient (Wildman–Crippen LogP) is 1.76. The third kappa shape index (κ3) is 4.74. The van der Waals surface area contributed by atoms with E-state index in [4.69, 9.17) is 10.5 Å². The Bertz CT molecular complexity index is 261. The molecule has 0 rings (SSSR count). The van der Waals surface area contributed by atoms with Crippen LogP contribution in [-0.4, -0.2) is 32.3 Å². The number of hydrogen-bond donors (Lipinski definition) is 1. The molecule has 0 saturated heterocycles. The van der Waals surface area contributed by atoms with E-state index in [1.54, 1.807) is 7.11 Å². The fourth-order valence-corrected chi connectivity index (χ4v) is 1.02. The van der Waals surface area contributed by atoms with Crippen molar-refractivity contribution in [1.29, 1.82) is 0 Å². The molecule has 4 heteroatoms. The Morgan fingerprint density at radius 1 is 1.47 bits per heavy atom. The maximum atomic E-state index is 5.66. The highest BCUT2D eigenvalue weighted by Gasteiger charge is 2.05. The maximum Gasteiger partial charge on any atom is 0.151 e. The van der Waals surface area contributed by atoms with Gasteiger partial charge in [0.2, 0.25) is 0 Å². The summed E-state index contributed by atoms with van der Waals surface area (Å²) in [6.45, 7) is 9.84. The first-order chi connectivity index (χ1) is 7.06. The van der Waals surface area contributed by atoms with Crippen LogP contribution in [0.4, 0.5) is 0 Å². The van der Waals surface area contributed by atoms with Crippen LogP contribution in [-0.2, 0) is 4.74 Å². The smallest absolute Gasteiger partial charge is 0.151 e. The molecular weight excluding hydrogens is 190 g/mol. The van der Waals surface area contributed by atoms with Crippen LogP contribution >= 0.6 is 0 Å². The topological polar surface area (TPSA) is 60.0 Å². The highest BCUT2D eigenvalue weighted by Crippen LogP contribution is 2.04. The first-order valence-electron chi connectivity index (χ1n) is 5.04. The number of nitrogens with two attached hydrogens (primary N) is 1. The summed E-state index contributed by atoms with van der Waals surface area (Å²) in [6, 6.07) is 0. The summed E-state index contributed by atoms with van der Waals surface area (Å²) in [5.41, 5.74) is 7.25. The van der Waals surface area contributed by atoms with Gasteiger partial charge in [-0.2, -0.15) is 0 Å². The van der Waals surface area contributed by atoms with Crippen molar-refractivity contribution in [3.05, 3.63) is 11.3 Å².